The highest BCUT2D eigenvalue weighted by Crippen LogP contribution is 2.30. The highest BCUT2D eigenvalue weighted by Gasteiger charge is 2.30. The van der Waals surface area contributed by atoms with Crippen molar-refractivity contribution in [3.63, 3.8) is 0 Å². The van der Waals surface area contributed by atoms with Gasteiger partial charge in [-0.3, -0.25) is 14.2 Å². The molecule has 0 radical (unpaired) electrons. The van der Waals surface area contributed by atoms with Gasteiger partial charge in [0.1, 0.15) is 23.1 Å². The minimum atomic E-state index is -0.661. The minimum Gasteiger partial charge on any atom is -0.497 e. The Hall–Kier alpha value is -3.95. The van der Waals surface area contributed by atoms with Gasteiger partial charge in [-0.15, -0.1) is 0 Å². The molecule has 0 spiro atoms. The summed E-state index contributed by atoms with van der Waals surface area (Å²) >= 11 is 6.10. The number of amides is 1. The number of carbonyl (C=O) groups excluding carboxylic acids is 1. The van der Waals surface area contributed by atoms with Crippen LogP contribution in [0.4, 0.5) is 4.39 Å². The summed E-state index contributed by atoms with van der Waals surface area (Å²) in [5.74, 6) is 0.281. The Morgan fingerprint density at radius 3 is 2.36 bits per heavy atom. The topological polar surface area (TPSA) is 82.9 Å². The van der Waals surface area contributed by atoms with Crippen molar-refractivity contribution in [2.75, 3.05) is 34.5 Å². The smallest absolute Gasteiger partial charge is 0.266 e. The molecule has 0 saturated heterocycles. The fraction of sp³-hybridized carbons (Fsp3) is 0.276. The van der Waals surface area contributed by atoms with Crippen LogP contribution in [-0.2, 0) is 4.74 Å². The van der Waals surface area contributed by atoms with Gasteiger partial charge in [0, 0.05) is 25.3 Å². The highest BCUT2D eigenvalue weighted by atomic mass is 35.5. The van der Waals surface area contributed by atoms with Gasteiger partial charge < -0.3 is 19.1 Å². The lowest BCUT2D eigenvalue weighted by Gasteiger charge is -2.32. The van der Waals surface area contributed by atoms with Crippen molar-refractivity contribution in [2.45, 2.75) is 19.4 Å². The van der Waals surface area contributed by atoms with E-state index in [1.165, 1.54) is 37.0 Å². The Balaban J connectivity index is 1.95. The maximum Gasteiger partial charge on any atom is 0.266 e. The Labute approximate surface area is 230 Å². The number of para-hydroxylation sites is 1. The summed E-state index contributed by atoms with van der Waals surface area (Å²) in [6.45, 7) is 2.34. The van der Waals surface area contributed by atoms with E-state index in [1.54, 1.807) is 54.5 Å². The molecule has 1 heterocycles. The average Bonchev–Trinajstić information content (AvgIpc) is 2.96. The van der Waals surface area contributed by atoms with E-state index in [9.17, 15) is 14.0 Å². The molecule has 0 saturated carbocycles. The normalized spacial score (nSPS) is 11.8. The highest BCUT2D eigenvalue weighted by molar-refractivity contribution is 6.30. The number of rotatable bonds is 10. The molecule has 0 aliphatic heterocycles. The number of carbonyl (C=O) groups is 1. The molecule has 204 valence electrons. The molecule has 39 heavy (non-hydrogen) atoms. The van der Waals surface area contributed by atoms with Crippen molar-refractivity contribution >= 4 is 28.4 Å². The van der Waals surface area contributed by atoms with Crippen LogP contribution in [0.2, 0.25) is 5.02 Å². The number of aromatic nitrogens is 2. The van der Waals surface area contributed by atoms with Crippen molar-refractivity contribution in [3.8, 4) is 17.2 Å². The Morgan fingerprint density at radius 1 is 1.05 bits per heavy atom. The van der Waals surface area contributed by atoms with Crippen LogP contribution >= 0.6 is 11.6 Å². The monoisotopic (exact) mass is 553 g/mol. The molecule has 0 fully saturated rings. The van der Waals surface area contributed by atoms with Crippen molar-refractivity contribution in [3.05, 3.63) is 93.2 Å². The number of benzene rings is 3. The van der Waals surface area contributed by atoms with Gasteiger partial charge in [0.15, 0.2) is 0 Å². The Bertz CT molecular complexity index is 1540. The van der Waals surface area contributed by atoms with E-state index in [0.717, 1.165) is 0 Å². The van der Waals surface area contributed by atoms with E-state index in [1.807, 2.05) is 6.92 Å². The number of ether oxygens (including phenoxy) is 3. The van der Waals surface area contributed by atoms with E-state index in [0.29, 0.717) is 45.9 Å². The van der Waals surface area contributed by atoms with Crippen molar-refractivity contribution in [2.24, 2.45) is 0 Å². The summed E-state index contributed by atoms with van der Waals surface area (Å²) in [6, 6.07) is 15.2. The molecule has 4 aromatic rings. The largest absolute Gasteiger partial charge is 0.497 e. The number of methoxy groups -OCH3 is 3. The zero-order valence-corrected chi connectivity index (χ0v) is 22.9. The molecule has 1 aromatic heterocycles. The van der Waals surface area contributed by atoms with Crippen LogP contribution in [-0.4, -0.2) is 54.8 Å². The van der Waals surface area contributed by atoms with Crippen LogP contribution in [0.15, 0.2) is 65.5 Å². The zero-order chi connectivity index (χ0) is 28.1. The molecule has 1 amide bonds. The number of nitrogens with zero attached hydrogens (tertiary/aromatic N) is 3. The van der Waals surface area contributed by atoms with Gasteiger partial charge in [0.2, 0.25) is 0 Å². The summed E-state index contributed by atoms with van der Waals surface area (Å²) in [5.41, 5.74) is 0.780. The Morgan fingerprint density at radius 2 is 1.74 bits per heavy atom. The first kappa shape index (κ1) is 28.1. The second kappa shape index (κ2) is 12.3. The van der Waals surface area contributed by atoms with Gasteiger partial charge in [-0.05, 0) is 48.9 Å². The van der Waals surface area contributed by atoms with Crippen LogP contribution in [0.3, 0.4) is 0 Å². The standard InChI is InChI=1S/C29H29ClFN3O5/c1-5-26(33(12-13-37-2)28(35)18-14-20(38-3)17-21(15-18)39-4)27-32-25-9-7-6-8-22(25)29(36)34(27)19-10-11-24(31)23(30)16-19/h6-11,14-17,26H,5,12-13H2,1-4H3. The van der Waals surface area contributed by atoms with Crippen molar-refractivity contribution in [1.82, 2.24) is 14.5 Å². The molecule has 10 heteroatoms. The maximum absolute atomic E-state index is 14.1. The first-order valence-corrected chi connectivity index (χ1v) is 12.7. The van der Waals surface area contributed by atoms with E-state index < -0.39 is 11.9 Å². The average molecular weight is 554 g/mol. The lowest BCUT2D eigenvalue weighted by Crippen LogP contribution is -2.40. The van der Waals surface area contributed by atoms with Crippen LogP contribution < -0.4 is 15.0 Å². The quantitative estimate of drug-likeness (QED) is 0.260. The van der Waals surface area contributed by atoms with Crippen LogP contribution in [0, 0.1) is 5.82 Å². The number of fused-ring (bicyclic) bond motifs is 1. The SMILES string of the molecule is CCC(c1nc2ccccc2c(=O)n1-c1ccc(F)c(Cl)c1)N(CCOC)C(=O)c1cc(OC)cc(OC)c1. The van der Waals surface area contributed by atoms with Crippen LogP contribution in [0.1, 0.15) is 35.6 Å². The lowest BCUT2D eigenvalue weighted by molar-refractivity contribution is 0.0579. The van der Waals surface area contributed by atoms with Gasteiger partial charge in [0.25, 0.3) is 11.5 Å². The minimum absolute atomic E-state index is 0.137. The van der Waals surface area contributed by atoms with Gasteiger partial charge in [-0.2, -0.15) is 0 Å². The first-order chi connectivity index (χ1) is 18.8. The molecular formula is C29H29ClFN3O5. The lowest BCUT2D eigenvalue weighted by atomic mass is 10.1. The van der Waals surface area contributed by atoms with E-state index in [4.69, 9.17) is 30.8 Å². The molecule has 1 atom stereocenters. The molecule has 0 aliphatic rings. The molecule has 4 rings (SSSR count). The predicted octanol–water partition coefficient (Wildman–Crippen LogP) is 5.44. The third-order valence-electron chi connectivity index (χ3n) is 6.42. The third-order valence-corrected chi connectivity index (χ3v) is 6.71. The van der Waals surface area contributed by atoms with E-state index >= 15 is 0 Å². The molecular weight excluding hydrogens is 525 g/mol. The summed E-state index contributed by atoms with van der Waals surface area (Å²) in [6.07, 6.45) is 0.413. The molecule has 0 bridgehead atoms. The number of halogens is 2. The summed E-state index contributed by atoms with van der Waals surface area (Å²) in [7, 11) is 4.56. The molecule has 3 aromatic carbocycles. The van der Waals surface area contributed by atoms with Crippen molar-refractivity contribution < 1.29 is 23.4 Å². The van der Waals surface area contributed by atoms with Gasteiger partial charge >= 0.3 is 0 Å². The van der Waals surface area contributed by atoms with Crippen LogP contribution in [0.25, 0.3) is 16.6 Å². The van der Waals surface area contributed by atoms with Gasteiger partial charge in [-0.25, -0.2) is 9.37 Å². The summed E-state index contributed by atoms with van der Waals surface area (Å²) < 4.78 is 31.5. The third kappa shape index (κ3) is 5.74. The maximum atomic E-state index is 14.1. The van der Waals surface area contributed by atoms with Crippen LogP contribution in [0.5, 0.6) is 11.5 Å². The molecule has 0 aliphatic carbocycles. The van der Waals surface area contributed by atoms with Crippen molar-refractivity contribution in [1.29, 1.82) is 0 Å². The summed E-state index contributed by atoms with van der Waals surface area (Å²) in [4.78, 5) is 34.3. The fourth-order valence-electron chi connectivity index (χ4n) is 4.47. The predicted molar refractivity (Wildman–Crippen MR) is 148 cm³/mol. The first-order valence-electron chi connectivity index (χ1n) is 12.3. The van der Waals surface area contributed by atoms with Gasteiger partial charge in [0.05, 0.1) is 48.5 Å². The number of hydrogen-bond acceptors (Lipinski definition) is 6. The fourth-order valence-corrected chi connectivity index (χ4v) is 4.65. The van der Waals surface area contributed by atoms with E-state index in [2.05, 4.69) is 0 Å². The zero-order valence-electron chi connectivity index (χ0n) is 22.1. The van der Waals surface area contributed by atoms with E-state index in [-0.39, 0.29) is 29.6 Å². The Kier molecular flexibility index (Phi) is 8.83. The second-order valence-electron chi connectivity index (χ2n) is 8.74. The molecule has 0 N–H and O–H groups in total. The molecule has 1 unspecified atom stereocenters. The number of hydrogen-bond donors (Lipinski definition) is 0. The van der Waals surface area contributed by atoms with Gasteiger partial charge in [-0.1, -0.05) is 30.7 Å². The summed E-state index contributed by atoms with van der Waals surface area (Å²) in [5, 5.41) is 0.242. The molecule has 8 nitrogen and oxygen atoms in total. The second-order valence-corrected chi connectivity index (χ2v) is 9.15.